The molecule has 0 saturated heterocycles. The standard InChI is InChI=1S/C9H11NOS/c10-6-5-8(11)3-4-9-2-1-7-12-9/h1-2,7-8,11H,3-5H2. The Labute approximate surface area is 76.1 Å². The molecule has 0 aliphatic carbocycles. The predicted molar refractivity (Wildman–Crippen MR) is 48.9 cm³/mol. The highest BCUT2D eigenvalue weighted by atomic mass is 32.1. The fraction of sp³-hybridized carbons (Fsp3) is 0.444. The molecule has 0 aromatic carbocycles. The summed E-state index contributed by atoms with van der Waals surface area (Å²) in [7, 11) is 0. The van der Waals surface area contributed by atoms with Gasteiger partial charge in [-0.05, 0) is 24.3 Å². The van der Waals surface area contributed by atoms with Gasteiger partial charge in [-0.1, -0.05) is 6.07 Å². The molecule has 1 atom stereocenters. The van der Waals surface area contributed by atoms with Gasteiger partial charge in [0.2, 0.25) is 0 Å². The first-order valence-electron chi connectivity index (χ1n) is 3.90. The first-order chi connectivity index (χ1) is 5.83. The van der Waals surface area contributed by atoms with E-state index in [4.69, 9.17) is 5.26 Å². The lowest BCUT2D eigenvalue weighted by Crippen LogP contribution is -2.05. The molecule has 0 aliphatic heterocycles. The van der Waals surface area contributed by atoms with Crippen LogP contribution in [-0.2, 0) is 6.42 Å². The largest absolute Gasteiger partial charge is 0.392 e. The molecule has 0 fully saturated rings. The van der Waals surface area contributed by atoms with Crippen LogP contribution >= 0.6 is 11.3 Å². The van der Waals surface area contributed by atoms with E-state index in [1.54, 1.807) is 11.3 Å². The van der Waals surface area contributed by atoms with Gasteiger partial charge in [0, 0.05) is 4.88 Å². The minimum absolute atomic E-state index is 0.241. The van der Waals surface area contributed by atoms with Crippen molar-refractivity contribution in [2.45, 2.75) is 25.4 Å². The lowest BCUT2D eigenvalue weighted by Gasteiger charge is -2.03. The molecule has 1 N–H and O–H groups in total. The normalized spacial score (nSPS) is 12.3. The van der Waals surface area contributed by atoms with Crippen molar-refractivity contribution >= 4 is 11.3 Å². The van der Waals surface area contributed by atoms with Crippen LogP contribution in [0.4, 0.5) is 0 Å². The maximum absolute atomic E-state index is 9.23. The number of nitrogens with zero attached hydrogens (tertiary/aromatic N) is 1. The van der Waals surface area contributed by atoms with E-state index < -0.39 is 6.10 Å². The minimum atomic E-state index is -0.461. The van der Waals surface area contributed by atoms with Gasteiger partial charge in [0.25, 0.3) is 0 Å². The summed E-state index contributed by atoms with van der Waals surface area (Å²) in [6.45, 7) is 0. The lowest BCUT2D eigenvalue weighted by molar-refractivity contribution is 0.170. The lowest BCUT2D eigenvalue weighted by atomic mass is 10.1. The first kappa shape index (κ1) is 9.24. The van der Waals surface area contributed by atoms with Gasteiger partial charge in [-0.2, -0.15) is 5.26 Å². The Kier molecular flexibility index (Phi) is 3.78. The van der Waals surface area contributed by atoms with E-state index in [-0.39, 0.29) is 6.42 Å². The Hall–Kier alpha value is -0.850. The summed E-state index contributed by atoms with van der Waals surface area (Å²) >= 11 is 1.69. The van der Waals surface area contributed by atoms with Crippen molar-refractivity contribution in [1.82, 2.24) is 0 Å². The van der Waals surface area contributed by atoms with Crippen LogP contribution in [0.5, 0.6) is 0 Å². The van der Waals surface area contributed by atoms with Gasteiger partial charge in [-0.3, -0.25) is 0 Å². The van der Waals surface area contributed by atoms with Crippen molar-refractivity contribution in [1.29, 1.82) is 5.26 Å². The summed E-state index contributed by atoms with van der Waals surface area (Å²) in [4.78, 5) is 1.27. The van der Waals surface area contributed by atoms with Crippen molar-refractivity contribution in [3.05, 3.63) is 22.4 Å². The molecule has 1 unspecified atom stereocenters. The minimum Gasteiger partial charge on any atom is -0.392 e. The van der Waals surface area contributed by atoms with E-state index in [1.165, 1.54) is 4.88 Å². The van der Waals surface area contributed by atoms with Crippen LogP contribution < -0.4 is 0 Å². The van der Waals surface area contributed by atoms with Gasteiger partial charge < -0.3 is 5.11 Å². The molecule has 0 aliphatic rings. The van der Waals surface area contributed by atoms with Crippen molar-refractivity contribution in [2.24, 2.45) is 0 Å². The topological polar surface area (TPSA) is 44.0 Å². The number of hydrogen-bond donors (Lipinski definition) is 1. The molecule has 1 aromatic heterocycles. The van der Waals surface area contributed by atoms with Gasteiger partial charge in [0.05, 0.1) is 18.6 Å². The SMILES string of the molecule is N#CCC(O)CCc1cccs1. The van der Waals surface area contributed by atoms with Gasteiger partial charge in [0.15, 0.2) is 0 Å². The molecule has 1 aromatic rings. The first-order valence-corrected chi connectivity index (χ1v) is 4.78. The number of nitriles is 1. The third kappa shape index (κ3) is 3.04. The maximum atomic E-state index is 9.23. The quantitative estimate of drug-likeness (QED) is 0.771. The van der Waals surface area contributed by atoms with Crippen LogP contribution in [0.3, 0.4) is 0 Å². The molecule has 0 amide bonds. The third-order valence-corrected chi connectivity index (χ3v) is 2.57. The van der Waals surface area contributed by atoms with E-state index in [0.29, 0.717) is 6.42 Å². The fourth-order valence-corrected chi connectivity index (χ4v) is 1.70. The van der Waals surface area contributed by atoms with Crippen molar-refractivity contribution in [3.63, 3.8) is 0 Å². The Morgan fingerprint density at radius 1 is 1.67 bits per heavy atom. The van der Waals surface area contributed by atoms with Crippen molar-refractivity contribution in [2.75, 3.05) is 0 Å². The van der Waals surface area contributed by atoms with Crippen molar-refractivity contribution < 1.29 is 5.11 Å². The Morgan fingerprint density at radius 2 is 2.50 bits per heavy atom. The molecule has 2 nitrogen and oxygen atoms in total. The molecular formula is C9H11NOS. The number of aryl methyl sites for hydroxylation is 1. The molecule has 1 heterocycles. The van der Waals surface area contributed by atoms with Gasteiger partial charge in [-0.15, -0.1) is 11.3 Å². The highest BCUT2D eigenvalue weighted by molar-refractivity contribution is 7.09. The second-order valence-electron chi connectivity index (χ2n) is 2.63. The molecule has 0 spiro atoms. The average molecular weight is 181 g/mol. The molecule has 0 bridgehead atoms. The van der Waals surface area contributed by atoms with Gasteiger partial charge in [0.1, 0.15) is 0 Å². The maximum Gasteiger partial charge on any atom is 0.0673 e. The third-order valence-electron chi connectivity index (χ3n) is 1.63. The second-order valence-corrected chi connectivity index (χ2v) is 3.67. The van der Waals surface area contributed by atoms with E-state index >= 15 is 0 Å². The fourth-order valence-electron chi connectivity index (χ4n) is 0.971. The highest BCUT2D eigenvalue weighted by Gasteiger charge is 2.03. The van der Waals surface area contributed by atoms with Gasteiger partial charge >= 0.3 is 0 Å². The zero-order chi connectivity index (χ0) is 8.81. The van der Waals surface area contributed by atoms with Crippen LogP contribution in [0.15, 0.2) is 17.5 Å². The van der Waals surface area contributed by atoms with Crippen LogP contribution in [0.2, 0.25) is 0 Å². The molecular weight excluding hydrogens is 170 g/mol. The summed E-state index contributed by atoms with van der Waals surface area (Å²) < 4.78 is 0. The van der Waals surface area contributed by atoms with Crippen LogP contribution in [0.25, 0.3) is 0 Å². The summed E-state index contributed by atoms with van der Waals surface area (Å²) in [5.41, 5.74) is 0. The molecule has 0 saturated carbocycles. The monoisotopic (exact) mass is 181 g/mol. The van der Waals surface area contributed by atoms with Gasteiger partial charge in [-0.25, -0.2) is 0 Å². The summed E-state index contributed by atoms with van der Waals surface area (Å²) in [5, 5.41) is 19.5. The number of aliphatic hydroxyl groups excluding tert-OH is 1. The van der Waals surface area contributed by atoms with E-state index in [2.05, 4.69) is 0 Å². The zero-order valence-corrected chi connectivity index (χ0v) is 7.55. The summed E-state index contributed by atoms with van der Waals surface area (Å²) in [5.74, 6) is 0. The molecule has 12 heavy (non-hydrogen) atoms. The zero-order valence-electron chi connectivity index (χ0n) is 6.73. The number of thiophene rings is 1. The van der Waals surface area contributed by atoms with E-state index in [9.17, 15) is 5.11 Å². The molecule has 1 rings (SSSR count). The average Bonchev–Trinajstić information content (AvgIpc) is 2.53. The van der Waals surface area contributed by atoms with Crippen LogP contribution in [0.1, 0.15) is 17.7 Å². The second kappa shape index (κ2) is 4.91. The number of aliphatic hydroxyl groups is 1. The Balaban J connectivity index is 2.23. The smallest absolute Gasteiger partial charge is 0.0673 e. The Morgan fingerprint density at radius 3 is 3.08 bits per heavy atom. The predicted octanol–water partition coefficient (Wildman–Crippen LogP) is 1.96. The molecule has 64 valence electrons. The van der Waals surface area contributed by atoms with Crippen LogP contribution in [-0.4, -0.2) is 11.2 Å². The van der Waals surface area contributed by atoms with Crippen molar-refractivity contribution in [3.8, 4) is 6.07 Å². The number of hydrogen-bond acceptors (Lipinski definition) is 3. The summed E-state index contributed by atoms with van der Waals surface area (Å²) in [6, 6.07) is 5.99. The Bertz CT molecular complexity index is 250. The number of rotatable bonds is 4. The summed E-state index contributed by atoms with van der Waals surface area (Å²) in [6.07, 6.45) is 1.34. The highest BCUT2D eigenvalue weighted by Crippen LogP contribution is 2.12. The molecule has 0 radical (unpaired) electrons. The van der Waals surface area contributed by atoms with E-state index in [0.717, 1.165) is 6.42 Å². The van der Waals surface area contributed by atoms with Crippen LogP contribution in [0, 0.1) is 11.3 Å². The van der Waals surface area contributed by atoms with E-state index in [1.807, 2.05) is 23.6 Å². The molecule has 3 heteroatoms.